The maximum atomic E-state index is 11.1. The summed E-state index contributed by atoms with van der Waals surface area (Å²) in [5.74, 6) is -2.01. The summed E-state index contributed by atoms with van der Waals surface area (Å²) in [5.41, 5.74) is 1.71. The van der Waals surface area contributed by atoms with Crippen molar-refractivity contribution in [3.63, 3.8) is 0 Å². The van der Waals surface area contributed by atoms with Gasteiger partial charge in [-0.1, -0.05) is 49.6 Å². The van der Waals surface area contributed by atoms with Gasteiger partial charge in [-0.15, -0.1) is 0 Å². The molecule has 0 aliphatic rings. The molecule has 0 unspecified atom stereocenters. The molecule has 0 bridgehead atoms. The smallest absolute Gasteiger partial charge is 0.333 e. The fourth-order valence-electron chi connectivity index (χ4n) is 1.53. The van der Waals surface area contributed by atoms with Gasteiger partial charge >= 0.3 is 17.9 Å². The molecule has 7 nitrogen and oxygen atoms in total. The highest BCUT2D eigenvalue weighted by atomic mass is 16.5. The Bertz CT molecular complexity index is 718. The van der Waals surface area contributed by atoms with Gasteiger partial charge < -0.3 is 19.7 Å². The van der Waals surface area contributed by atoms with Crippen molar-refractivity contribution in [1.82, 2.24) is 0 Å². The Labute approximate surface area is 164 Å². The molecule has 2 N–H and O–H groups in total. The SMILES string of the molecule is C=C(C)C(=O)OCc1ccccc1.C=C(CC=C(C)C(=O)O)C(=O)OCCO. The zero-order valence-electron chi connectivity index (χ0n) is 16.1. The van der Waals surface area contributed by atoms with E-state index >= 15 is 0 Å². The average Bonchev–Trinajstić information content (AvgIpc) is 2.68. The van der Waals surface area contributed by atoms with Crippen LogP contribution >= 0.6 is 0 Å². The van der Waals surface area contributed by atoms with Gasteiger partial charge in [-0.3, -0.25) is 0 Å². The minimum atomic E-state index is -1.04. The third kappa shape index (κ3) is 11.4. The van der Waals surface area contributed by atoms with Gasteiger partial charge in [0.05, 0.1) is 6.61 Å². The highest BCUT2D eigenvalue weighted by Crippen LogP contribution is 2.05. The van der Waals surface area contributed by atoms with Crippen LogP contribution in [0.2, 0.25) is 0 Å². The lowest BCUT2D eigenvalue weighted by molar-refractivity contribution is -0.140. The van der Waals surface area contributed by atoms with Crippen LogP contribution < -0.4 is 0 Å². The standard InChI is InChI=1S/C11H12O2.C10H14O5/c1-9(2)11(12)13-8-10-6-4-3-5-7-10;1-7(9(12)13)3-4-8(2)10(14)15-6-5-11/h3-7H,1,8H2,2H3;3,11H,2,4-6H2,1H3,(H,12,13). The number of carboxylic acids is 1. The molecule has 0 fully saturated rings. The zero-order valence-corrected chi connectivity index (χ0v) is 16.1. The van der Waals surface area contributed by atoms with Gasteiger partial charge in [-0.25, -0.2) is 14.4 Å². The van der Waals surface area contributed by atoms with Crippen LogP contribution in [-0.4, -0.2) is 41.3 Å². The normalized spacial score (nSPS) is 10.2. The van der Waals surface area contributed by atoms with E-state index in [-0.39, 0.29) is 36.8 Å². The van der Waals surface area contributed by atoms with Crippen LogP contribution in [0, 0.1) is 0 Å². The topological polar surface area (TPSA) is 110 Å². The molecule has 0 spiro atoms. The van der Waals surface area contributed by atoms with E-state index in [1.165, 1.54) is 13.0 Å². The Morgan fingerprint density at radius 2 is 1.64 bits per heavy atom. The highest BCUT2D eigenvalue weighted by Gasteiger charge is 2.07. The summed E-state index contributed by atoms with van der Waals surface area (Å²) in [6.45, 7) is 9.98. The molecular formula is C21H26O7. The van der Waals surface area contributed by atoms with Crippen LogP contribution in [0.25, 0.3) is 0 Å². The third-order valence-corrected chi connectivity index (χ3v) is 3.17. The Balaban J connectivity index is 0.000000525. The van der Waals surface area contributed by atoms with Crippen LogP contribution in [0.1, 0.15) is 25.8 Å². The maximum Gasteiger partial charge on any atom is 0.333 e. The number of aliphatic carboxylic acids is 1. The van der Waals surface area contributed by atoms with Gasteiger partial charge in [-0.2, -0.15) is 0 Å². The maximum absolute atomic E-state index is 11.1. The molecule has 152 valence electrons. The van der Waals surface area contributed by atoms with E-state index < -0.39 is 11.9 Å². The summed E-state index contributed by atoms with van der Waals surface area (Å²) < 4.78 is 9.53. The van der Waals surface area contributed by atoms with E-state index in [4.69, 9.17) is 14.9 Å². The lowest BCUT2D eigenvalue weighted by Crippen LogP contribution is -2.10. The molecule has 0 saturated carbocycles. The van der Waals surface area contributed by atoms with Crippen LogP contribution in [0.3, 0.4) is 0 Å². The second-order valence-electron chi connectivity index (χ2n) is 5.70. The van der Waals surface area contributed by atoms with E-state index in [0.29, 0.717) is 12.2 Å². The fourth-order valence-corrected chi connectivity index (χ4v) is 1.53. The Morgan fingerprint density at radius 3 is 2.14 bits per heavy atom. The van der Waals surface area contributed by atoms with E-state index in [0.717, 1.165) is 5.56 Å². The van der Waals surface area contributed by atoms with Crippen LogP contribution in [0.4, 0.5) is 0 Å². The number of hydrogen-bond donors (Lipinski definition) is 2. The number of rotatable bonds is 9. The molecule has 1 aromatic carbocycles. The van der Waals surface area contributed by atoms with Gasteiger partial charge in [0.15, 0.2) is 0 Å². The summed E-state index contributed by atoms with van der Waals surface area (Å²) in [7, 11) is 0. The van der Waals surface area contributed by atoms with Crippen LogP contribution in [0.5, 0.6) is 0 Å². The molecule has 0 radical (unpaired) electrons. The molecule has 0 heterocycles. The van der Waals surface area contributed by atoms with Crippen molar-refractivity contribution in [2.24, 2.45) is 0 Å². The van der Waals surface area contributed by atoms with Gasteiger partial charge in [0, 0.05) is 16.7 Å². The highest BCUT2D eigenvalue weighted by molar-refractivity contribution is 5.89. The lowest BCUT2D eigenvalue weighted by atomic mass is 10.1. The van der Waals surface area contributed by atoms with Crippen molar-refractivity contribution in [2.45, 2.75) is 26.9 Å². The molecule has 0 aliphatic carbocycles. The molecule has 1 rings (SSSR count). The molecule has 1 aromatic rings. The van der Waals surface area contributed by atoms with E-state index in [2.05, 4.69) is 17.9 Å². The van der Waals surface area contributed by atoms with Gasteiger partial charge in [-0.05, 0) is 25.8 Å². The molecule has 0 amide bonds. The molecule has 0 saturated heterocycles. The van der Waals surface area contributed by atoms with E-state index in [1.807, 2.05) is 30.3 Å². The van der Waals surface area contributed by atoms with Crippen LogP contribution in [0.15, 0.2) is 66.3 Å². The van der Waals surface area contributed by atoms with Crippen molar-refractivity contribution in [3.05, 3.63) is 71.8 Å². The summed E-state index contributed by atoms with van der Waals surface area (Å²) in [6, 6.07) is 9.55. The number of benzene rings is 1. The number of aliphatic hydroxyl groups is 1. The average molecular weight is 390 g/mol. The number of aliphatic hydroxyl groups excluding tert-OH is 1. The second kappa shape index (κ2) is 13.9. The first-order chi connectivity index (χ1) is 13.2. The van der Waals surface area contributed by atoms with Crippen molar-refractivity contribution < 1.29 is 34.1 Å². The van der Waals surface area contributed by atoms with E-state index in [1.54, 1.807) is 6.92 Å². The first-order valence-electron chi connectivity index (χ1n) is 8.41. The summed E-state index contributed by atoms with van der Waals surface area (Å²) >= 11 is 0. The lowest BCUT2D eigenvalue weighted by Gasteiger charge is -2.03. The quantitative estimate of drug-likeness (QED) is 0.493. The fraction of sp³-hybridized carbons (Fsp3) is 0.286. The molecular weight excluding hydrogens is 364 g/mol. The number of ether oxygens (including phenoxy) is 2. The Hall–Kier alpha value is -3.19. The van der Waals surface area contributed by atoms with Crippen molar-refractivity contribution in [1.29, 1.82) is 0 Å². The number of carbonyl (C=O) groups is 3. The molecule has 0 aromatic heterocycles. The number of carboxylic acid groups (broad SMARTS) is 1. The number of hydrogen-bond acceptors (Lipinski definition) is 6. The number of esters is 2. The van der Waals surface area contributed by atoms with Gasteiger partial charge in [0.1, 0.15) is 13.2 Å². The first kappa shape index (κ1) is 24.8. The monoisotopic (exact) mass is 390 g/mol. The zero-order chi connectivity index (χ0) is 21.5. The molecule has 7 heteroatoms. The molecule has 0 atom stereocenters. The van der Waals surface area contributed by atoms with Crippen molar-refractivity contribution >= 4 is 17.9 Å². The first-order valence-corrected chi connectivity index (χ1v) is 8.41. The summed E-state index contributed by atoms with van der Waals surface area (Å²) in [4.78, 5) is 32.5. The summed E-state index contributed by atoms with van der Waals surface area (Å²) in [5, 5.41) is 16.9. The van der Waals surface area contributed by atoms with Crippen molar-refractivity contribution in [2.75, 3.05) is 13.2 Å². The second-order valence-corrected chi connectivity index (χ2v) is 5.70. The predicted molar refractivity (Wildman–Crippen MR) is 104 cm³/mol. The minimum absolute atomic E-state index is 0.0838. The largest absolute Gasteiger partial charge is 0.478 e. The van der Waals surface area contributed by atoms with Crippen molar-refractivity contribution in [3.8, 4) is 0 Å². The number of carbonyl (C=O) groups excluding carboxylic acids is 2. The third-order valence-electron chi connectivity index (χ3n) is 3.17. The number of allylic oxidation sites excluding steroid dienone is 1. The molecule has 0 aliphatic heterocycles. The minimum Gasteiger partial charge on any atom is -0.478 e. The predicted octanol–water partition coefficient (Wildman–Crippen LogP) is 2.81. The molecule has 28 heavy (non-hydrogen) atoms. The summed E-state index contributed by atoms with van der Waals surface area (Å²) in [6.07, 6.45) is 1.51. The Kier molecular flexibility index (Phi) is 12.4. The van der Waals surface area contributed by atoms with E-state index in [9.17, 15) is 14.4 Å². The Morgan fingerprint density at radius 1 is 1.04 bits per heavy atom. The van der Waals surface area contributed by atoms with Gasteiger partial charge in [0.25, 0.3) is 0 Å². The van der Waals surface area contributed by atoms with Crippen LogP contribution in [-0.2, 0) is 30.5 Å². The van der Waals surface area contributed by atoms with Gasteiger partial charge in [0.2, 0.25) is 0 Å².